The van der Waals surface area contributed by atoms with Crippen LogP contribution in [0.5, 0.6) is 0 Å². The first-order chi connectivity index (χ1) is 13.2. The van der Waals surface area contributed by atoms with Crippen LogP contribution in [0, 0.1) is 11.8 Å². The Labute approximate surface area is 171 Å². The Morgan fingerprint density at radius 3 is 2.64 bits per heavy atom. The summed E-state index contributed by atoms with van der Waals surface area (Å²) in [5.41, 5.74) is 6.71. The number of carbonyl (C=O) groups excluding carboxylic acids is 1. The third kappa shape index (κ3) is 4.55. The van der Waals surface area contributed by atoms with E-state index in [2.05, 4.69) is 25.5 Å². The minimum Gasteiger partial charge on any atom is -0.355 e. The summed E-state index contributed by atoms with van der Waals surface area (Å²) in [5.74, 6) is 1.70. The number of nitrogens with zero attached hydrogens (tertiary/aromatic N) is 5. The Morgan fingerprint density at radius 2 is 1.93 bits per heavy atom. The van der Waals surface area contributed by atoms with E-state index in [4.69, 9.17) is 5.73 Å². The molecule has 0 aromatic carbocycles. The number of hydrogen-bond donors (Lipinski definition) is 2. The lowest BCUT2D eigenvalue weighted by Crippen LogP contribution is -2.49. The average molecular weight is 408 g/mol. The first-order valence-corrected chi connectivity index (χ1v) is 10.2. The summed E-state index contributed by atoms with van der Waals surface area (Å²) in [6, 6.07) is 4.02. The van der Waals surface area contributed by atoms with E-state index in [1.54, 1.807) is 10.8 Å². The standard InChI is InChI=1S/C19H29N7O.ClH/c20-12-16(14-4-2-1-3-5-14)22-19(27)15-8-10-25(11-9-15)18-7-6-17-23-21-13-26(17)24-18;/h6-7,13-16H,1-5,8-12,20H2,(H,22,27);1H. The Bertz CT molecular complexity index is 768. The fourth-order valence-corrected chi connectivity index (χ4v) is 4.46. The van der Waals surface area contributed by atoms with Crippen molar-refractivity contribution in [2.45, 2.75) is 51.0 Å². The molecule has 1 amide bonds. The van der Waals surface area contributed by atoms with E-state index in [0.29, 0.717) is 12.5 Å². The van der Waals surface area contributed by atoms with Crippen molar-refractivity contribution in [3.63, 3.8) is 0 Å². The minimum atomic E-state index is 0. The molecule has 1 aliphatic carbocycles. The fraction of sp³-hybridized carbons (Fsp3) is 0.684. The largest absolute Gasteiger partial charge is 0.355 e. The molecule has 2 aromatic heterocycles. The van der Waals surface area contributed by atoms with Crippen LogP contribution in [-0.4, -0.2) is 51.4 Å². The van der Waals surface area contributed by atoms with Crippen LogP contribution < -0.4 is 16.0 Å². The molecule has 154 valence electrons. The van der Waals surface area contributed by atoms with E-state index >= 15 is 0 Å². The lowest BCUT2D eigenvalue weighted by Gasteiger charge is -2.34. The molecule has 0 radical (unpaired) electrons. The van der Waals surface area contributed by atoms with Crippen LogP contribution in [0.2, 0.25) is 0 Å². The van der Waals surface area contributed by atoms with Crippen molar-refractivity contribution in [2.75, 3.05) is 24.5 Å². The number of halogens is 1. The monoisotopic (exact) mass is 407 g/mol. The van der Waals surface area contributed by atoms with Gasteiger partial charge < -0.3 is 16.0 Å². The Morgan fingerprint density at radius 1 is 1.18 bits per heavy atom. The van der Waals surface area contributed by atoms with Gasteiger partial charge in [-0.2, -0.15) is 4.52 Å². The molecular weight excluding hydrogens is 378 g/mol. The predicted molar refractivity (Wildman–Crippen MR) is 111 cm³/mol. The number of amides is 1. The number of rotatable bonds is 5. The first-order valence-electron chi connectivity index (χ1n) is 10.2. The van der Waals surface area contributed by atoms with Gasteiger partial charge in [-0.3, -0.25) is 4.79 Å². The zero-order chi connectivity index (χ0) is 18.6. The molecule has 1 saturated carbocycles. The molecule has 2 aliphatic rings. The van der Waals surface area contributed by atoms with Crippen LogP contribution in [0.4, 0.5) is 5.82 Å². The number of nitrogens with two attached hydrogens (primary N) is 1. The number of hydrogen-bond acceptors (Lipinski definition) is 6. The number of anilines is 1. The van der Waals surface area contributed by atoms with Gasteiger partial charge in [0.05, 0.1) is 0 Å². The Hall–Kier alpha value is -1.93. The summed E-state index contributed by atoms with van der Waals surface area (Å²) < 4.78 is 1.68. The normalized spacial score (nSPS) is 20.0. The zero-order valence-electron chi connectivity index (χ0n) is 16.2. The van der Waals surface area contributed by atoms with Gasteiger partial charge in [0, 0.05) is 31.6 Å². The second-order valence-corrected chi connectivity index (χ2v) is 7.84. The van der Waals surface area contributed by atoms with Gasteiger partial charge in [-0.05, 0) is 43.7 Å². The lowest BCUT2D eigenvalue weighted by molar-refractivity contribution is -0.126. The Balaban J connectivity index is 0.00000225. The molecule has 2 aromatic rings. The van der Waals surface area contributed by atoms with Crippen LogP contribution in [0.25, 0.3) is 5.65 Å². The molecule has 0 spiro atoms. The highest BCUT2D eigenvalue weighted by atomic mass is 35.5. The first kappa shape index (κ1) is 20.8. The van der Waals surface area contributed by atoms with Gasteiger partial charge in [-0.25, -0.2) is 0 Å². The molecule has 9 heteroatoms. The highest BCUT2D eigenvalue weighted by Gasteiger charge is 2.29. The molecule has 1 atom stereocenters. The molecule has 8 nitrogen and oxygen atoms in total. The van der Waals surface area contributed by atoms with Crippen molar-refractivity contribution in [3.05, 3.63) is 18.5 Å². The molecule has 1 aliphatic heterocycles. The van der Waals surface area contributed by atoms with E-state index in [-0.39, 0.29) is 30.3 Å². The van der Waals surface area contributed by atoms with Gasteiger partial charge in [0.25, 0.3) is 0 Å². The van der Waals surface area contributed by atoms with Crippen molar-refractivity contribution in [3.8, 4) is 0 Å². The Kier molecular flexibility index (Phi) is 7.07. The summed E-state index contributed by atoms with van der Waals surface area (Å²) in [5, 5.41) is 15.7. The number of fused-ring (bicyclic) bond motifs is 1. The summed E-state index contributed by atoms with van der Waals surface area (Å²) >= 11 is 0. The smallest absolute Gasteiger partial charge is 0.223 e. The molecule has 2 fully saturated rings. The maximum atomic E-state index is 12.8. The van der Waals surface area contributed by atoms with E-state index in [1.165, 1.54) is 32.1 Å². The topological polar surface area (TPSA) is 101 Å². The second kappa shape index (κ2) is 9.52. The van der Waals surface area contributed by atoms with Crippen molar-refractivity contribution < 1.29 is 4.79 Å². The molecular formula is C19H30ClN7O. The van der Waals surface area contributed by atoms with Crippen LogP contribution >= 0.6 is 12.4 Å². The zero-order valence-corrected chi connectivity index (χ0v) is 17.0. The van der Waals surface area contributed by atoms with Gasteiger partial charge in [-0.1, -0.05) is 19.3 Å². The molecule has 0 bridgehead atoms. The van der Waals surface area contributed by atoms with E-state index < -0.39 is 0 Å². The van der Waals surface area contributed by atoms with E-state index in [1.807, 2.05) is 12.1 Å². The molecule has 3 N–H and O–H groups in total. The highest BCUT2D eigenvalue weighted by Crippen LogP contribution is 2.27. The molecule has 3 heterocycles. The van der Waals surface area contributed by atoms with Crippen molar-refractivity contribution in [2.24, 2.45) is 17.6 Å². The quantitative estimate of drug-likeness (QED) is 0.783. The number of nitrogens with one attached hydrogen (secondary N) is 1. The lowest BCUT2D eigenvalue weighted by atomic mass is 9.83. The SMILES string of the molecule is Cl.NCC(NC(=O)C1CCN(c2ccc3nncn3n2)CC1)C1CCCCC1. The van der Waals surface area contributed by atoms with Crippen molar-refractivity contribution in [1.82, 2.24) is 25.1 Å². The highest BCUT2D eigenvalue weighted by molar-refractivity contribution is 5.85. The van der Waals surface area contributed by atoms with Gasteiger partial charge in [-0.15, -0.1) is 27.7 Å². The van der Waals surface area contributed by atoms with Gasteiger partial charge in [0.15, 0.2) is 5.65 Å². The van der Waals surface area contributed by atoms with Crippen LogP contribution in [-0.2, 0) is 4.79 Å². The van der Waals surface area contributed by atoms with E-state index in [9.17, 15) is 4.79 Å². The van der Waals surface area contributed by atoms with Crippen LogP contribution in [0.1, 0.15) is 44.9 Å². The van der Waals surface area contributed by atoms with Gasteiger partial charge in [0.1, 0.15) is 12.1 Å². The third-order valence-corrected chi connectivity index (χ3v) is 6.14. The number of carbonyl (C=O) groups is 1. The predicted octanol–water partition coefficient (Wildman–Crippen LogP) is 1.79. The van der Waals surface area contributed by atoms with Gasteiger partial charge in [0.2, 0.25) is 5.91 Å². The van der Waals surface area contributed by atoms with Crippen molar-refractivity contribution in [1.29, 1.82) is 0 Å². The van der Waals surface area contributed by atoms with Crippen molar-refractivity contribution >= 4 is 29.8 Å². The maximum absolute atomic E-state index is 12.8. The summed E-state index contributed by atoms with van der Waals surface area (Å²) in [4.78, 5) is 15.0. The van der Waals surface area contributed by atoms with Gasteiger partial charge >= 0.3 is 0 Å². The molecule has 1 saturated heterocycles. The fourth-order valence-electron chi connectivity index (χ4n) is 4.46. The number of piperidine rings is 1. The summed E-state index contributed by atoms with van der Waals surface area (Å²) in [6.07, 6.45) is 9.52. The van der Waals surface area contributed by atoms with Crippen LogP contribution in [0.3, 0.4) is 0 Å². The molecule has 4 rings (SSSR count). The minimum absolute atomic E-state index is 0. The average Bonchev–Trinajstić information content (AvgIpc) is 3.20. The summed E-state index contributed by atoms with van der Waals surface area (Å²) in [7, 11) is 0. The third-order valence-electron chi connectivity index (χ3n) is 6.14. The summed E-state index contributed by atoms with van der Waals surface area (Å²) in [6.45, 7) is 2.20. The van der Waals surface area contributed by atoms with E-state index in [0.717, 1.165) is 37.4 Å². The second-order valence-electron chi connectivity index (χ2n) is 7.84. The molecule has 28 heavy (non-hydrogen) atoms. The maximum Gasteiger partial charge on any atom is 0.223 e. The molecule has 1 unspecified atom stereocenters. The van der Waals surface area contributed by atoms with Crippen LogP contribution in [0.15, 0.2) is 18.5 Å². The number of aromatic nitrogens is 4.